The maximum atomic E-state index is 5.68. The minimum absolute atomic E-state index is 0. The zero-order valence-electron chi connectivity index (χ0n) is 12.2. The van der Waals surface area contributed by atoms with E-state index < -0.39 is 0 Å². The molecule has 108 valence electrons. The number of nitrogens with two attached hydrogens (primary N) is 1. The Balaban J connectivity index is 0.00000180. The molecule has 3 heteroatoms. The van der Waals surface area contributed by atoms with E-state index in [1.807, 2.05) is 0 Å². The van der Waals surface area contributed by atoms with Crippen molar-refractivity contribution in [3.8, 4) is 0 Å². The molecule has 1 aliphatic heterocycles. The van der Waals surface area contributed by atoms with Crippen molar-refractivity contribution in [3.05, 3.63) is 34.9 Å². The Morgan fingerprint density at radius 1 is 1.32 bits per heavy atom. The van der Waals surface area contributed by atoms with Crippen molar-refractivity contribution >= 4 is 12.4 Å². The molecule has 2 N–H and O–H groups in total. The Kier molecular flexibility index (Phi) is 6.84. The second-order valence-corrected chi connectivity index (χ2v) is 5.68. The third kappa shape index (κ3) is 4.48. The third-order valence-electron chi connectivity index (χ3n) is 4.29. The summed E-state index contributed by atoms with van der Waals surface area (Å²) in [5.41, 5.74) is 10.0. The van der Waals surface area contributed by atoms with E-state index in [2.05, 4.69) is 36.9 Å². The van der Waals surface area contributed by atoms with E-state index in [1.165, 1.54) is 49.0 Å². The average Bonchev–Trinajstić information content (AvgIpc) is 2.36. The molecule has 0 saturated carbocycles. The zero-order valence-corrected chi connectivity index (χ0v) is 13.0. The molecule has 0 aliphatic carbocycles. The Morgan fingerprint density at radius 2 is 2.11 bits per heavy atom. The smallest absolute Gasteiger partial charge is 0.0236 e. The van der Waals surface area contributed by atoms with Gasteiger partial charge in [0.1, 0.15) is 0 Å². The fraction of sp³-hybridized carbons (Fsp3) is 0.625. The van der Waals surface area contributed by atoms with Gasteiger partial charge in [0.25, 0.3) is 0 Å². The van der Waals surface area contributed by atoms with Gasteiger partial charge in [-0.05, 0) is 68.8 Å². The number of nitrogens with zero attached hydrogens (tertiary/aromatic N) is 1. The molecule has 1 aromatic rings. The summed E-state index contributed by atoms with van der Waals surface area (Å²) in [6, 6.07) is 6.65. The van der Waals surface area contributed by atoms with Crippen LogP contribution in [-0.2, 0) is 6.54 Å². The fourth-order valence-corrected chi connectivity index (χ4v) is 2.99. The maximum absolute atomic E-state index is 5.68. The number of likely N-dealkylation sites (tertiary alicyclic amines) is 1. The van der Waals surface area contributed by atoms with E-state index in [1.54, 1.807) is 0 Å². The minimum Gasteiger partial charge on any atom is -0.330 e. The third-order valence-corrected chi connectivity index (χ3v) is 4.29. The van der Waals surface area contributed by atoms with Crippen LogP contribution in [-0.4, -0.2) is 24.5 Å². The quantitative estimate of drug-likeness (QED) is 0.918. The van der Waals surface area contributed by atoms with Crippen LogP contribution in [0, 0.1) is 19.8 Å². The van der Waals surface area contributed by atoms with Gasteiger partial charge in [-0.1, -0.05) is 18.2 Å². The predicted molar refractivity (Wildman–Crippen MR) is 84.8 cm³/mol. The van der Waals surface area contributed by atoms with Gasteiger partial charge < -0.3 is 5.73 Å². The molecule has 1 heterocycles. The first-order valence-corrected chi connectivity index (χ1v) is 7.18. The molecule has 0 bridgehead atoms. The summed E-state index contributed by atoms with van der Waals surface area (Å²) in [5, 5.41) is 0. The molecule has 0 amide bonds. The lowest BCUT2D eigenvalue weighted by Crippen LogP contribution is -2.35. The number of benzene rings is 1. The number of hydrogen-bond acceptors (Lipinski definition) is 2. The highest BCUT2D eigenvalue weighted by atomic mass is 35.5. The highest BCUT2D eigenvalue weighted by Crippen LogP contribution is 2.22. The van der Waals surface area contributed by atoms with Crippen molar-refractivity contribution in [2.24, 2.45) is 11.7 Å². The Morgan fingerprint density at radius 3 is 2.84 bits per heavy atom. The van der Waals surface area contributed by atoms with E-state index in [0.29, 0.717) is 0 Å². The number of piperidine rings is 1. The molecule has 1 fully saturated rings. The van der Waals surface area contributed by atoms with E-state index in [9.17, 15) is 0 Å². The summed E-state index contributed by atoms with van der Waals surface area (Å²) >= 11 is 0. The van der Waals surface area contributed by atoms with Crippen LogP contribution in [0.5, 0.6) is 0 Å². The zero-order chi connectivity index (χ0) is 13.0. The standard InChI is InChI=1S/C16H26N2.ClH/c1-13-5-3-7-16(14(13)2)12-18-10-4-6-15(11-18)8-9-17;/h3,5,7,15H,4,6,8-12,17H2,1-2H3;1H. The molecular formula is C16H27ClN2. The summed E-state index contributed by atoms with van der Waals surface area (Å²) in [7, 11) is 0. The van der Waals surface area contributed by atoms with Crippen LogP contribution in [0.3, 0.4) is 0 Å². The number of hydrogen-bond donors (Lipinski definition) is 1. The van der Waals surface area contributed by atoms with Crippen LogP contribution in [0.15, 0.2) is 18.2 Å². The van der Waals surface area contributed by atoms with Gasteiger partial charge in [-0.15, -0.1) is 12.4 Å². The Labute approximate surface area is 123 Å². The molecule has 19 heavy (non-hydrogen) atoms. The van der Waals surface area contributed by atoms with Crippen molar-refractivity contribution in [2.45, 2.75) is 39.7 Å². The predicted octanol–water partition coefficient (Wildman–Crippen LogP) is 3.29. The summed E-state index contributed by atoms with van der Waals surface area (Å²) in [5.74, 6) is 0.814. The summed E-state index contributed by atoms with van der Waals surface area (Å²) < 4.78 is 0. The molecule has 0 spiro atoms. The number of halogens is 1. The van der Waals surface area contributed by atoms with Crippen LogP contribution < -0.4 is 5.73 Å². The molecule has 1 atom stereocenters. The minimum atomic E-state index is 0. The second-order valence-electron chi connectivity index (χ2n) is 5.68. The second kappa shape index (κ2) is 7.88. The molecule has 2 rings (SSSR count). The van der Waals surface area contributed by atoms with Gasteiger partial charge in [-0.2, -0.15) is 0 Å². The first kappa shape index (κ1) is 16.5. The summed E-state index contributed by atoms with van der Waals surface area (Å²) in [6.07, 6.45) is 3.87. The van der Waals surface area contributed by atoms with Gasteiger partial charge in [-0.25, -0.2) is 0 Å². The summed E-state index contributed by atoms with van der Waals surface area (Å²) in [4.78, 5) is 2.60. The highest BCUT2D eigenvalue weighted by molar-refractivity contribution is 5.85. The van der Waals surface area contributed by atoms with Crippen molar-refractivity contribution in [1.29, 1.82) is 0 Å². The monoisotopic (exact) mass is 282 g/mol. The van der Waals surface area contributed by atoms with Crippen molar-refractivity contribution in [3.63, 3.8) is 0 Å². The van der Waals surface area contributed by atoms with Gasteiger partial charge in [0.05, 0.1) is 0 Å². The summed E-state index contributed by atoms with van der Waals surface area (Å²) in [6.45, 7) is 8.86. The highest BCUT2D eigenvalue weighted by Gasteiger charge is 2.19. The molecule has 1 aliphatic rings. The van der Waals surface area contributed by atoms with Crippen molar-refractivity contribution in [1.82, 2.24) is 4.90 Å². The van der Waals surface area contributed by atoms with Crippen LogP contribution in [0.25, 0.3) is 0 Å². The van der Waals surface area contributed by atoms with Crippen LogP contribution >= 0.6 is 12.4 Å². The maximum Gasteiger partial charge on any atom is 0.0236 e. The lowest BCUT2D eigenvalue weighted by atomic mass is 9.94. The first-order valence-electron chi connectivity index (χ1n) is 7.18. The lowest BCUT2D eigenvalue weighted by Gasteiger charge is -2.33. The Bertz CT molecular complexity index is 390. The van der Waals surface area contributed by atoms with Gasteiger partial charge in [-0.3, -0.25) is 4.90 Å². The molecule has 1 aromatic carbocycles. The normalized spacial score (nSPS) is 20.1. The molecule has 0 aromatic heterocycles. The Hall–Kier alpha value is -0.570. The fourth-order valence-electron chi connectivity index (χ4n) is 2.99. The average molecular weight is 283 g/mol. The SMILES string of the molecule is Cc1cccc(CN2CCCC(CCN)C2)c1C.Cl. The molecule has 0 radical (unpaired) electrons. The molecular weight excluding hydrogens is 256 g/mol. The largest absolute Gasteiger partial charge is 0.330 e. The first-order chi connectivity index (χ1) is 8.70. The lowest BCUT2D eigenvalue weighted by molar-refractivity contribution is 0.163. The van der Waals surface area contributed by atoms with E-state index >= 15 is 0 Å². The topological polar surface area (TPSA) is 29.3 Å². The van der Waals surface area contributed by atoms with Crippen molar-refractivity contribution < 1.29 is 0 Å². The van der Waals surface area contributed by atoms with Gasteiger partial charge in [0.2, 0.25) is 0 Å². The van der Waals surface area contributed by atoms with E-state index in [-0.39, 0.29) is 12.4 Å². The van der Waals surface area contributed by atoms with E-state index in [4.69, 9.17) is 5.73 Å². The van der Waals surface area contributed by atoms with Gasteiger partial charge >= 0.3 is 0 Å². The van der Waals surface area contributed by atoms with Gasteiger partial charge in [0, 0.05) is 13.1 Å². The van der Waals surface area contributed by atoms with Crippen LogP contribution in [0.4, 0.5) is 0 Å². The van der Waals surface area contributed by atoms with Crippen LogP contribution in [0.2, 0.25) is 0 Å². The van der Waals surface area contributed by atoms with Crippen molar-refractivity contribution in [2.75, 3.05) is 19.6 Å². The number of rotatable bonds is 4. The number of aryl methyl sites for hydroxylation is 1. The molecule has 1 unspecified atom stereocenters. The molecule has 2 nitrogen and oxygen atoms in total. The molecule has 1 saturated heterocycles. The van der Waals surface area contributed by atoms with E-state index in [0.717, 1.165) is 19.0 Å². The van der Waals surface area contributed by atoms with Gasteiger partial charge in [0.15, 0.2) is 0 Å². The van der Waals surface area contributed by atoms with Crippen LogP contribution in [0.1, 0.15) is 36.0 Å².